The second-order valence-corrected chi connectivity index (χ2v) is 5.93. The number of ether oxygens (including phenoxy) is 1. The minimum atomic E-state index is 0.290. The molecule has 0 spiro atoms. The summed E-state index contributed by atoms with van der Waals surface area (Å²) in [6.45, 7) is 2.89. The Hall–Kier alpha value is -1.49. The Bertz CT molecular complexity index is 454. The molecular formula is C15H23N3O2. The lowest BCUT2D eigenvalue weighted by atomic mass is 9.98. The SMILES string of the molecule is Nc1ccc(N2CCC(CO)CC2)nc1OCC1CC1. The van der Waals surface area contributed by atoms with E-state index in [0.29, 0.717) is 30.0 Å². The van der Waals surface area contributed by atoms with E-state index in [1.807, 2.05) is 12.1 Å². The lowest BCUT2D eigenvalue weighted by molar-refractivity contribution is 0.202. The van der Waals surface area contributed by atoms with Crippen molar-refractivity contribution in [3.8, 4) is 5.88 Å². The van der Waals surface area contributed by atoms with Crippen LogP contribution in [0.2, 0.25) is 0 Å². The summed E-state index contributed by atoms with van der Waals surface area (Å²) in [5.41, 5.74) is 6.54. The van der Waals surface area contributed by atoms with Gasteiger partial charge in [0.1, 0.15) is 5.82 Å². The zero-order valence-corrected chi connectivity index (χ0v) is 11.8. The lowest BCUT2D eigenvalue weighted by Crippen LogP contribution is -2.35. The number of hydrogen-bond donors (Lipinski definition) is 2. The highest BCUT2D eigenvalue weighted by molar-refractivity contribution is 5.54. The second kappa shape index (κ2) is 5.87. The summed E-state index contributed by atoms with van der Waals surface area (Å²) in [6, 6.07) is 3.83. The minimum absolute atomic E-state index is 0.290. The van der Waals surface area contributed by atoms with Gasteiger partial charge in [-0.25, -0.2) is 0 Å². The zero-order valence-electron chi connectivity index (χ0n) is 11.8. The number of anilines is 2. The first-order valence-corrected chi connectivity index (χ1v) is 7.51. The quantitative estimate of drug-likeness (QED) is 0.856. The molecule has 0 bridgehead atoms. The first-order valence-electron chi connectivity index (χ1n) is 7.51. The first kappa shape index (κ1) is 13.5. The van der Waals surface area contributed by atoms with Crippen LogP contribution in [0.5, 0.6) is 5.88 Å². The molecule has 1 aromatic heterocycles. The van der Waals surface area contributed by atoms with Crippen LogP contribution in [0, 0.1) is 11.8 Å². The predicted molar refractivity (Wildman–Crippen MR) is 78.9 cm³/mol. The van der Waals surface area contributed by atoms with Gasteiger partial charge in [-0.05, 0) is 49.7 Å². The maximum Gasteiger partial charge on any atom is 0.239 e. The van der Waals surface area contributed by atoms with Crippen LogP contribution < -0.4 is 15.4 Å². The van der Waals surface area contributed by atoms with Crippen LogP contribution in [0.4, 0.5) is 11.5 Å². The van der Waals surface area contributed by atoms with Crippen LogP contribution in [0.1, 0.15) is 25.7 Å². The zero-order chi connectivity index (χ0) is 13.9. The molecule has 1 saturated heterocycles. The van der Waals surface area contributed by atoms with E-state index in [9.17, 15) is 5.11 Å². The Balaban J connectivity index is 1.65. The molecule has 3 rings (SSSR count). The fourth-order valence-corrected chi connectivity index (χ4v) is 2.56. The highest BCUT2D eigenvalue weighted by Gasteiger charge is 2.23. The summed E-state index contributed by atoms with van der Waals surface area (Å²) in [6.07, 6.45) is 4.55. The molecule has 0 atom stereocenters. The van der Waals surface area contributed by atoms with Gasteiger partial charge in [-0.1, -0.05) is 0 Å². The summed E-state index contributed by atoms with van der Waals surface area (Å²) < 4.78 is 5.73. The van der Waals surface area contributed by atoms with Gasteiger partial charge in [-0.15, -0.1) is 0 Å². The van der Waals surface area contributed by atoms with E-state index >= 15 is 0 Å². The lowest BCUT2D eigenvalue weighted by Gasteiger charge is -2.32. The monoisotopic (exact) mass is 277 g/mol. The van der Waals surface area contributed by atoms with E-state index in [4.69, 9.17) is 10.5 Å². The van der Waals surface area contributed by atoms with Crippen LogP contribution in [0.15, 0.2) is 12.1 Å². The molecule has 110 valence electrons. The van der Waals surface area contributed by atoms with Crippen LogP contribution in [0.3, 0.4) is 0 Å². The van der Waals surface area contributed by atoms with Crippen molar-refractivity contribution in [1.29, 1.82) is 0 Å². The third kappa shape index (κ3) is 3.15. The molecule has 5 heteroatoms. The number of aliphatic hydroxyl groups excluding tert-OH is 1. The summed E-state index contributed by atoms with van der Waals surface area (Å²) >= 11 is 0. The number of nitrogens with zero attached hydrogens (tertiary/aromatic N) is 2. The van der Waals surface area contributed by atoms with Gasteiger partial charge in [-0.3, -0.25) is 0 Å². The van der Waals surface area contributed by atoms with Gasteiger partial charge in [0.2, 0.25) is 5.88 Å². The number of rotatable bonds is 5. The Kier molecular flexibility index (Phi) is 3.96. The van der Waals surface area contributed by atoms with E-state index in [1.165, 1.54) is 12.8 Å². The molecule has 0 unspecified atom stereocenters. The van der Waals surface area contributed by atoms with Crippen molar-refractivity contribution in [2.24, 2.45) is 11.8 Å². The molecular weight excluding hydrogens is 254 g/mol. The van der Waals surface area contributed by atoms with Crippen LogP contribution in [-0.4, -0.2) is 36.4 Å². The molecule has 2 fully saturated rings. The van der Waals surface area contributed by atoms with Gasteiger partial charge in [-0.2, -0.15) is 4.98 Å². The van der Waals surface area contributed by atoms with Gasteiger partial charge >= 0.3 is 0 Å². The molecule has 1 aliphatic carbocycles. The van der Waals surface area contributed by atoms with Crippen molar-refractivity contribution in [1.82, 2.24) is 4.98 Å². The van der Waals surface area contributed by atoms with Crippen LogP contribution >= 0.6 is 0 Å². The topological polar surface area (TPSA) is 71.6 Å². The summed E-state index contributed by atoms with van der Waals surface area (Å²) in [5, 5.41) is 9.19. The van der Waals surface area contributed by atoms with Crippen molar-refractivity contribution >= 4 is 11.5 Å². The third-order valence-electron chi connectivity index (χ3n) is 4.22. The van der Waals surface area contributed by atoms with E-state index < -0.39 is 0 Å². The molecule has 20 heavy (non-hydrogen) atoms. The molecule has 0 radical (unpaired) electrons. The van der Waals surface area contributed by atoms with E-state index in [2.05, 4.69) is 9.88 Å². The number of aliphatic hydroxyl groups is 1. The Morgan fingerprint density at radius 3 is 2.60 bits per heavy atom. The molecule has 1 saturated carbocycles. The number of aromatic nitrogens is 1. The smallest absolute Gasteiger partial charge is 0.239 e. The minimum Gasteiger partial charge on any atom is -0.476 e. The second-order valence-electron chi connectivity index (χ2n) is 5.93. The Labute approximate surface area is 119 Å². The van der Waals surface area contributed by atoms with Crippen LogP contribution in [0.25, 0.3) is 0 Å². The first-order chi connectivity index (χ1) is 9.76. The molecule has 0 amide bonds. The van der Waals surface area contributed by atoms with Gasteiger partial charge in [0.25, 0.3) is 0 Å². The van der Waals surface area contributed by atoms with Crippen molar-refractivity contribution in [2.45, 2.75) is 25.7 Å². The van der Waals surface area contributed by atoms with E-state index in [0.717, 1.165) is 38.4 Å². The van der Waals surface area contributed by atoms with Crippen molar-refractivity contribution in [3.63, 3.8) is 0 Å². The Morgan fingerprint density at radius 2 is 1.95 bits per heavy atom. The number of nitrogen functional groups attached to an aromatic ring is 1. The number of pyridine rings is 1. The summed E-state index contributed by atoms with van der Waals surface area (Å²) in [4.78, 5) is 6.81. The molecule has 2 heterocycles. The maximum atomic E-state index is 9.19. The summed E-state index contributed by atoms with van der Waals surface area (Å²) in [5.74, 6) is 2.63. The highest BCUT2D eigenvalue weighted by atomic mass is 16.5. The number of hydrogen-bond acceptors (Lipinski definition) is 5. The predicted octanol–water partition coefficient (Wildman–Crippen LogP) is 1.66. The largest absolute Gasteiger partial charge is 0.476 e. The molecule has 1 aromatic rings. The fourth-order valence-electron chi connectivity index (χ4n) is 2.56. The van der Waals surface area contributed by atoms with Gasteiger partial charge < -0.3 is 20.5 Å². The third-order valence-corrected chi connectivity index (χ3v) is 4.22. The van der Waals surface area contributed by atoms with Gasteiger partial charge in [0.05, 0.1) is 12.3 Å². The normalized spacial score (nSPS) is 20.1. The Morgan fingerprint density at radius 1 is 1.20 bits per heavy atom. The standard InChI is InChI=1S/C15H23N3O2/c16-13-3-4-14(17-15(13)20-10-12-1-2-12)18-7-5-11(9-19)6-8-18/h3-4,11-12,19H,1-2,5-10,16H2. The highest BCUT2D eigenvalue weighted by Crippen LogP contribution is 2.31. The van der Waals surface area contributed by atoms with Crippen LogP contribution in [-0.2, 0) is 0 Å². The average molecular weight is 277 g/mol. The van der Waals surface area contributed by atoms with Crippen molar-refractivity contribution in [3.05, 3.63) is 12.1 Å². The van der Waals surface area contributed by atoms with E-state index in [1.54, 1.807) is 0 Å². The maximum absolute atomic E-state index is 9.19. The van der Waals surface area contributed by atoms with Gasteiger partial charge in [0.15, 0.2) is 0 Å². The molecule has 1 aliphatic heterocycles. The fraction of sp³-hybridized carbons (Fsp3) is 0.667. The number of piperidine rings is 1. The van der Waals surface area contributed by atoms with Gasteiger partial charge in [0, 0.05) is 19.7 Å². The van der Waals surface area contributed by atoms with Crippen molar-refractivity contribution in [2.75, 3.05) is 36.9 Å². The van der Waals surface area contributed by atoms with Crippen molar-refractivity contribution < 1.29 is 9.84 Å². The molecule has 3 N–H and O–H groups in total. The average Bonchev–Trinajstić information content (AvgIpc) is 3.31. The summed E-state index contributed by atoms with van der Waals surface area (Å²) in [7, 11) is 0. The molecule has 2 aliphatic rings. The molecule has 5 nitrogen and oxygen atoms in total. The van der Waals surface area contributed by atoms with E-state index in [-0.39, 0.29) is 0 Å². The number of nitrogens with two attached hydrogens (primary N) is 1. The molecule has 0 aromatic carbocycles.